The Balaban J connectivity index is 1.91. The van der Waals surface area contributed by atoms with Gasteiger partial charge in [0.15, 0.2) is 71.4 Å². The first kappa shape index (κ1) is 88.7. The van der Waals surface area contributed by atoms with Crippen molar-refractivity contribution in [3.8, 4) is 0 Å². The van der Waals surface area contributed by atoms with Gasteiger partial charge >= 0.3 is 17.9 Å². The highest BCUT2D eigenvalue weighted by Gasteiger charge is 2.48. The lowest BCUT2D eigenvalue weighted by atomic mass is 10.0. The molecule has 40 N–H and O–H groups in total. The minimum Gasteiger partial charge on any atom is -0.481 e. The molecule has 50 heteroatoms. The third kappa shape index (κ3) is 31.2. The first-order valence-electron chi connectivity index (χ1n) is 33.1. The number of aliphatic carboxylic acids is 3. The molecule has 2 aromatic rings. The molecule has 3 unspecified atom stereocenters. The number of rotatable bonds is 48. The summed E-state index contributed by atoms with van der Waals surface area (Å²) in [5.41, 5.74) is 72.0. The van der Waals surface area contributed by atoms with Crippen LogP contribution in [-0.2, 0) is 62.3 Å². The van der Waals surface area contributed by atoms with Crippen molar-refractivity contribution in [3.63, 3.8) is 0 Å². The van der Waals surface area contributed by atoms with Gasteiger partial charge in [-0.3, -0.25) is 87.3 Å². The molecule has 1 saturated heterocycles. The predicted octanol–water partition coefficient (Wildman–Crippen LogP) is -13.5. The highest BCUT2D eigenvalue weighted by molar-refractivity contribution is 6.02. The standard InChI is InChI=1S/C57H98N32O18/c1-24(82-41(94)26(50(103)104)21-77-40(93)25(49(101)102)20-78-47(100)36-34(90)35(91)48(107-36)89-23-81-33-37(58)79-22-80-38(33)89)39(92)83-27(8-2-14-71-52(59)60)42(95)84-28(9-3-15-72-53(61)62)43(96)85-29(10-4-16-73-54(63)64)44(97)86-30(11-5-17-74-55(65)66)45(98)87-31(12-6-18-75-56(67)68)46(99)88-32(51(105)106)13-7-19-76-57(69)70/h22-32,34-36,48,90-91H,2-21H2,1H3,(H,77,93)(H,78,100)(H,82,94)(H,83,92)(H,84,95)(H,85,96)(H,86,97)(H,87,98)(H,88,99)(H,101,102)(H,103,104)(H,105,106)(H2,58,79,80)(H4,59,60,71)(H4,61,62,72)(H4,63,64,73)(H4,65,66,74)(H4,67,68,75)(H4,69,70,76)/t24-,25?,26?,27-,28-,29-,30-,31-,32-,34+,35-,36+,48?/m1/s1. The number of hydrogen-bond acceptors (Lipinski definition) is 25. The summed E-state index contributed by atoms with van der Waals surface area (Å²) in [5, 5.41) is 72.9. The van der Waals surface area contributed by atoms with E-state index >= 15 is 0 Å². The fraction of sp³-hybridized carbons (Fsp3) is 0.596. The molecular formula is C57H98N32O18. The van der Waals surface area contributed by atoms with Crippen molar-refractivity contribution in [1.29, 1.82) is 0 Å². The van der Waals surface area contributed by atoms with Crippen LogP contribution < -0.4 is 122 Å². The second kappa shape index (κ2) is 44.9. The highest BCUT2D eigenvalue weighted by atomic mass is 16.6. The molecule has 50 nitrogen and oxygen atoms in total. The number of aliphatic hydroxyl groups excluding tert-OH is 2. The average molecular weight is 1520 g/mol. The zero-order valence-electron chi connectivity index (χ0n) is 58.3. The Morgan fingerprint density at radius 2 is 0.757 bits per heavy atom. The molecule has 3 heterocycles. The lowest BCUT2D eigenvalue weighted by molar-refractivity contribution is -0.148. The number of fused-ring (bicyclic) bond motifs is 1. The van der Waals surface area contributed by atoms with Crippen molar-refractivity contribution < 1.29 is 87.8 Å². The molecule has 0 aromatic carbocycles. The van der Waals surface area contributed by atoms with Gasteiger partial charge in [0, 0.05) is 52.4 Å². The number of carboxylic acids is 3. The topological polar surface area (TPSA) is 880 Å². The summed E-state index contributed by atoms with van der Waals surface area (Å²) in [6.07, 6.45) is -6.23. The number of aliphatic imine (C=N–C) groups is 6. The number of guanidine groups is 6. The number of nitrogen functional groups attached to an aromatic ring is 1. The smallest absolute Gasteiger partial charge is 0.326 e. The van der Waals surface area contributed by atoms with Gasteiger partial charge in [0.05, 0.1) is 6.33 Å². The summed E-state index contributed by atoms with van der Waals surface area (Å²) >= 11 is 0. The van der Waals surface area contributed by atoms with E-state index in [0.717, 1.165) is 24.1 Å². The third-order valence-electron chi connectivity index (χ3n) is 15.6. The maximum Gasteiger partial charge on any atom is 0.326 e. The number of ether oxygens (including phenoxy) is 1. The van der Waals surface area contributed by atoms with Crippen molar-refractivity contribution in [1.82, 2.24) is 67.4 Å². The number of amides is 9. The first-order chi connectivity index (χ1) is 50.4. The normalized spacial score (nSPS) is 16.9. The van der Waals surface area contributed by atoms with E-state index in [1.807, 2.05) is 5.32 Å². The molecule has 0 aliphatic carbocycles. The maximum atomic E-state index is 14.7. The summed E-state index contributed by atoms with van der Waals surface area (Å²) < 4.78 is 6.75. The Morgan fingerprint density at radius 3 is 1.10 bits per heavy atom. The van der Waals surface area contributed by atoms with Crippen LogP contribution in [-0.4, -0.2) is 265 Å². The van der Waals surface area contributed by atoms with Crippen LogP contribution in [0, 0.1) is 11.8 Å². The van der Waals surface area contributed by atoms with Crippen LogP contribution in [0.1, 0.15) is 90.2 Å². The number of anilines is 1. The number of nitrogens with zero attached hydrogens (tertiary/aromatic N) is 10. The summed E-state index contributed by atoms with van der Waals surface area (Å²) in [5.74, 6) is -21.9. The number of imidazole rings is 1. The molecule has 1 aliphatic rings. The van der Waals surface area contributed by atoms with Crippen molar-refractivity contribution in [3.05, 3.63) is 12.7 Å². The monoisotopic (exact) mass is 1520 g/mol. The lowest BCUT2D eigenvalue weighted by Crippen LogP contribution is -2.60. The quantitative estimate of drug-likeness (QED) is 0.0127. The van der Waals surface area contributed by atoms with E-state index in [1.54, 1.807) is 0 Å². The van der Waals surface area contributed by atoms with E-state index in [-0.39, 0.29) is 169 Å². The Labute approximate surface area is 609 Å². The number of aromatic nitrogens is 4. The fourth-order valence-electron chi connectivity index (χ4n) is 10.0. The molecule has 9 amide bonds. The SMILES string of the molecule is C[C@@H](NC(=O)C(CNC(=O)C(CNC(=O)[C@H]1OC(n2cnc3c(N)ncnc32)[C@H](O)[C@@H]1O)C(=O)O)C(=O)O)C(=O)N[C@H](CCCN=C(N)N)C(=O)N[C@H](CCCN=C(N)N)C(=O)N[C@H](CCCN=C(N)N)C(=O)N[C@H](CCCN=C(N)N)C(=O)N[C@H](CCCN=C(N)N)C(=O)N[C@H](CCCN=C(N)N)C(=O)O. The minimum absolute atomic E-state index is 0.00345. The van der Waals surface area contributed by atoms with Gasteiger partial charge in [-0.1, -0.05) is 0 Å². The van der Waals surface area contributed by atoms with Crippen LogP contribution in [0.4, 0.5) is 5.82 Å². The number of carboxylic acid groups (broad SMARTS) is 3. The van der Waals surface area contributed by atoms with Crippen LogP contribution in [0.5, 0.6) is 0 Å². The van der Waals surface area contributed by atoms with E-state index in [1.165, 1.54) is 0 Å². The number of carbonyl (C=O) groups excluding carboxylic acids is 9. The Hall–Kier alpha value is -12.5. The van der Waals surface area contributed by atoms with E-state index < -0.39 is 163 Å². The largest absolute Gasteiger partial charge is 0.481 e. The van der Waals surface area contributed by atoms with Crippen LogP contribution in [0.3, 0.4) is 0 Å². The molecule has 13 atom stereocenters. The summed E-state index contributed by atoms with van der Waals surface area (Å²) in [4.78, 5) is 199. The Kier molecular flexibility index (Phi) is 37.2. The molecule has 2 aromatic heterocycles. The first-order valence-corrected chi connectivity index (χ1v) is 33.1. The second-order valence-corrected chi connectivity index (χ2v) is 23.9. The second-order valence-electron chi connectivity index (χ2n) is 23.9. The molecule has 594 valence electrons. The minimum atomic E-state index is -2.24. The van der Waals surface area contributed by atoms with Gasteiger partial charge in [0.25, 0.3) is 5.91 Å². The number of nitrogens with one attached hydrogen (secondary N) is 9. The van der Waals surface area contributed by atoms with Gasteiger partial charge in [0.1, 0.15) is 66.3 Å². The van der Waals surface area contributed by atoms with Crippen molar-refractivity contribution in [2.75, 3.05) is 58.1 Å². The molecule has 3 rings (SSSR count). The van der Waals surface area contributed by atoms with Crippen LogP contribution in [0.25, 0.3) is 11.2 Å². The van der Waals surface area contributed by atoms with Crippen molar-refractivity contribution in [2.24, 2.45) is 111 Å². The van der Waals surface area contributed by atoms with Gasteiger partial charge in [0.2, 0.25) is 47.3 Å². The van der Waals surface area contributed by atoms with Crippen LogP contribution in [0.15, 0.2) is 42.6 Å². The molecular weight excluding hydrogens is 1420 g/mol. The Morgan fingerprint density at radius 1 is 0.430 bits per heavy atom. The maximum absolute atomic E-state index is 14.7. The zero-order valence-corrected chi connectivity index (χ0v) is 58.3. The molecule has 1 fully saturated rings. The van der Waals surface area contributed by atoms with E-state index in [9.17, 15) is 83.1 Å². The predicted molar refractivity (Wildman–Crippen MR) is 380 cm³/mol. The zero-order chi connectivity index (χ0) is 80.2. The van der Waals surface area contributed by atoms with E-state index in [2.05, 4.69) is 87.4 Å². The number of carbonyl (C=O) groups is 12. The van der Waals surface area contributed by atoms with Gasteiger partial charge in [-0.25, -0.2) is 19.7 Å². The van der Waals surface area contributed by atoms with E-state index in [4.69, 9.17) is 79.3 Å². The molecule has 0 spiro atoms. The van der Waals surface area contributed by atoms with E-state index in [0.29, 0.717) is 0 Å². The summed E-state index contributed by atoms with van der Waals surface area (Å²) in [6.45, 7) is -1.54. The Bertz CT molecular complexity index is 3590. The molecule has 1 aliphatic heterocycles. The fourth-order valence-corrected chi connectivity index (χ4v) is 10.0. The number of nitrogens with two attached hydrogens (primary N) is 13. The number of aliphatic hydroxyl groups is 2. The van der Waals surface area contributed by atoms with Crippen LogP contribution in [0.2, 0.25) is 0 Å². The van der Waals surface area contributed by atoms with Gasteiger partial charge < -0.3 is 153 Å². The van der Waals surface area contributed by atoms with Crippen molar-refractivity contribution >= 4 is 124 Å². The summed E-state index contributed by atoms with van der Waals surface area (Å²) in [6, 6.07) is -11.2. The molecule has 0 radical (unpaired) electrons. The highest BCUT2D eigenvalue weighted by Crippen LogP contribution is 2.32. The average Bonchev–Trinajstić information content (AvgIpc) is 1.62. The lowest BCUT2D eigenvalue weighted by Gasteiger charge is -2.28. The molecule has 107 heavy (non-hydrogen) atoms. The molecule has 0 saturated carbocycles. The van der Waals surface area contributed by atoms with Gasteiger partial charge in [-0.2, -0.15) is 0 Å². The van der Waals surface area contributed by atoms with Gasteiger partial charge in [-0.15, -0.1) is 0 Å². The molecule has 0 bridgehead atoms. The van der Waals surface area contributed by atoms with Crippen molar-refractivity contribution in [2.45, 2.75) is 151 Å². The van der Waals surface area contributed by atoms with Crippen LogP contribution >= 0.6 is 0 Å². The third-order valence-corrected chi connectivity index (χ3v) is 15.6. The van der Waals surface area contributed by atoms with Gasteiger partial charge in [-0.05, 0) is 84.0 Å². The number of hydrogen-bond donors (Lipinski definition) is 27. The summed E-state index contributed by atoms with van der Waals surface area (Å²) in [7, 11) is 0.